The van der Waals surface area contributed by atoms with Crippen LogP contribution in [0.4, 0.5) is 0 Å². The van der Waals surface area contributed by atoms with E-state index in [4.69, 9.17) is 4.74 Å². The molecule has 0 saturated heterocycles. The Hall–Kier alpha value is -1.74. The zero-order valence-electron chi connectivity index (χ0n) is 12.6. The highest BCUT2D eigenvalue weighted by Crippen LogP contribution is 2.14. The summed E-state index contributed by atoms with van der Waals surface area (Å²) in [5.74, 6) is 1.60. The maximum Gasteiger partial charge on any atom is 0.119 e. The number of methoxy groups -OCH3 is 1. The van der Waals surface area contributed by atoms with Gasteiger partial charge in [-0.15, -0.1) is 0 Å². The molecule has 0 aliphatic rings. The molecule has 2 rings (SSSR count). The summed E-state index contributed by atoms with van der Waals surface area (Å²) in [6.07, 6.45) is 4.33. The Balaban J connectivity index is 1.91. The maximum absolute atomic E-state index is 5.25. The Morgan fingerprint density at radius 3 is 2.80 bits per heavy atom. The molecule has 3 heteroatoms. The van der Waals surface area contributed by atoms with Crippen LogP contribution in [-0.4, -0.2) is 18.2 Å². The van der Waals surface area contributed by atoms with Crippen molar-refractivity contribution in [2.24, 2.45) is 5.92 Å². The van der Waals surface area contributed by atoms with E-state index in [0.29, 0.717) is 5.92 Å². The van der Waals surface area contributed by atoms with Crippen molar-refractivity contribution in [3.05, 3.63) is 53.9 Å². The fourth-order valence-electron chi connectivity index (χ4n) is 2.18. The third-order valence-corrected chi connectivity index (χ3v) is 3.19. The number of benzene rings is 1. The Morgan fingerprint density at radius 1 is 1.20 bits per heavy atom. The van der Waals surface area contributed by atoms with E-state index in [9.17, 15) is 0 Å². The molecule has 20 heavy (non-hydrogen) atoms. The van der Waals surface area contributed by atoms with Crippen molar-refractivity contribution < 1.29 is 4.74 Å². The minimum Gasteiger partial charge on any atom is -0.497 e. The van der Waals surface area contributed by atoms with Crippen LogP contribution in [0.3, 0.4) is 0 Å². The SMILES string of the molecule is COc1cccc(Cn2ccc(CNCC(C)C)c2)c1. The van der Waals surface area contributed by atoms with Crippen LogP contribution in [0, 0.1) is 5.92 Å². The molecule has 0 atom stereocenters. The second kappa shape index (κ2) is 7.15. The molecule has 0 aliphatic heterocycles. The van der Waals surface area contributed by atoms with Crippen LogP contribution in [-0.2, 0) is 13.1 Å². The first-order valence-electron chi connectivity index (χ1n) is 7.15. The van der Waals surface area contributed by atoms with Crippen LogP contribution in [0.25, 0.3) is 0 Å². The summed E-state index contributed by atoms with van der Waals surface area (Å²) in [7, 11) is 1.70. The largest absolute Gasteiger partial charge is 0.497 e. The molecule has 3 nitrogen and oxygen atoms in total. The molecule has 0 spiro atoms. The van der Waals surface area contributed by atoms with Crippen LogP contribution >= 0.6 is 0 Å². The molecular formula is C17H24N2O. The summed E-state index contributed by atoms with van der Waals surface area (Å²) in [4.78, 5) is 0. The number of rotatable bonds is 7. The number of nitrogens with one attached hydrogen (secondary N) is 1. The van der Waals surface area contributed by atoms with Crippen LogP contribution in [0.5, 0.6) is 5.75 Å². The fraction of sp³-hybridized carbons (Fsp3) is 0.412. The highest BCUT2D eigenvalue weighted by molar-refractivity contribution is 5.28. The number of hydrogen-bond acceptors (Lipinski definition) is 2. The molecule has 0 amide bonds. The molecule has 0 radical (unpaired) electrons. The highest BCUT2D eigenvalue weighted by Gasteiger charge is 2.00. The molecule has 2 aromatic rings. The van der Waals surface area contributed by atoms with Crippen LogP contribution < -0.4 is 10.1 Å². The first kappa shape index (κ1) is 14.7. The first-order chi connectivity index (χ1) is 9.67. The Labute approximate surface area is 121 Å². The van der Waals surface area contributed by atoms with Gasteiger partial charge in [-0.25, -0.2) is 0 Å². The lowest BCUT2D eigenvalue weighted by atomic mass is 10.2. The van der Waals surface area contributed by atoms with E-state index >= 15 is 0 Å². The smallest absolute Gasteiger partial charge is 0.119 e. The highest BCUT2D eigenvalue weighted by atomic mass is 16.5. The Kier molecular flexibility index (Phi) is 5.24. The minimum atomic E-state index is 0.689. The zero-order chi connectivity index (χ0) is 14.4. The van der Waals surface area contributed by atoms with Crippen molar-refractivity contribution in [2.75, 3.05) is 13.7 Å². The number of ether oxygens (including phenoxy) is 1. The van der Waals surface area contributed by atoms with Gasteiger partial charge in [-0.1, -0.05) is 26.0 Å². The molecule has 1 aromatic heterocycles. The lowest BCUT2D eigenvalue weighted by molar-refractivity contribution is 0.414. The topological polar surface area (TPSA) is 26.2 Å². The molecule has 0 fully saturated rings. The van der Waals surface area contributed by atoms with Crippen molar-refractivity contribution in [2.45, 2.75) is 26.9 Å². The van der Waals surface area contributed by atoms with E-state index in [0.717, 1.165) is 25.4 Å². The quantitative estimate of drug-likeness (QED) is 0.837. The van der Waals surface area contributed by atoms with Crippen molar-refractivity contribution in [3.63, 3.8) is 0 Å². The van der Waals surface area contributed by atoms with Gasteiger partial charge in [-0.05, 0) is 41.8 Å². The molecule has 0 saturated carbocycles. The molecule has 108 valence electrons. The van der Waals surface area contributed by atoms with Crippen molar-refractivity contribution in [3.8, 4) is 5.75 Å². The lowest BCUT2D eigenvalue weighted by Crippen LogP contribution is -2.18. The number of nitrogens with zero attached hydrogens (tertiary/aromatic N) is 1. The molecule has 0 bridgehead atoms. The fourth-order valence-corrected chi connectivity index (χ4v) is 2.18. The normalized spacial score (nSPS) is 11.0. The minimum absolute atomic E-state index is 0.689. The molecule has 0 unspecified atom stereocenters. The van der Waals surface area contributed by atoms with Crippen molar-refractivity contribution in [1.82, 2.24) is 9.88 Å². The van der Waals surface area contributed by atoms with E-state index in [1.54, 1.807) is 7.11 Å². The zero-order valence-corrected chi connectivity index (χ0v) is 12.6. The third-order valence-electron chi connectivity index (χ3n) is 3.19. The number of aromatic nitrogens is 1. The predicted octanol–water partition coefficient (Wildman–Crippen LogP) is 3.29. The van der Waals surface area contributed by atoms with Crippen LogP contribution in [0.2, 0.25) is 0 Å². The summed E-state index contributed by atoms with van der Waals surface area (Å²) < 4.78 is 7.46. The third kappa shape index (κ3) is 4.42. The van der Waals surface area contributed by atoms with Crippen LogP contribution in [0.1, 0.15) is 25.0 Å². The van der Waals surface area contributed by atoms with E-state index in [1.165, 1.54) is 11.1 Å². The van der Waals surface area contributed by atoms with Crippen molar-refractivity contribution >= 4 is 0 Å². The van der Waals surface area contributed by atoms with Crippen molar-refractivity contribution in [1.29, 1.82) is 0 Å². The van der Waals surface area contributed by atoms with Gasteiger partial charge in [0.05, 0.1) is 7.11 Å². The lowest BCUT2D eigenvalue weighted by Gasteiger charge is -2.07. The predicted molar refractivity (Wildman–Crippen MR) is 83.1 cm³/mol. The standard InChI is InChI=1S/C17H24N2O/c1-14(2)10-18-11-16-7-8-19(13-16)12-15-5-4-6-17(9-15)20-3/h4-9,13-14,18H,10-12H2,1-3H3. The van der Waals surface area contributed by atoms with E-state index in [-0.39, 0.29) is 0 Å². The Bertz CT molecular complexity index is 531. The van der Waals surface area contributed by atoms with Gasteiger partial charge in [0.2, 0.25) is 0 Å². The van der Waals surface area contributed by atoms with Gasteiger partial charge in [0.15, 0.2) is 0 Å². The van der Waals surface area contributed by atoms with Gasteiger partial charge in [0.1, 0.15) is 5.75 Å². The van der Waals surface area contributed by atoms with Gasteiger partial charge in [0, 0.05) is 25.5 Å². The van der Waals surface area contributed by atoms with E-state index < -0.39 is 0 Å². The van der Waals surface area contributed by atoms with Gasteiger partial charge < -0.3 is 14.6 Å². The molecule has 1 aromatic carbocycles. The molecular weight excluding hydrogens is 248 g/mol. The molecule has 1 heterocycles. The maximum atomic E-state index is 5.25. The summed E-state index contributed by atoms with van der Waals surface area (Å²) in [5, 5.41) is 3.46. The average molecular weight is 272 g/mol. The second-order valence-electron chi connectivity index (χ2n) is 5.57. The first-order valence-corrected chi connectivity index (χ1v) is 7.15. The van der Waals surface area contributed by atoms with Gasteiger partial charge >= 0.3 is 0 Å². The summed E-state index contributed by atoms with van der Waals surface area (Å²) in [6, 6.07) is 10.4. The second-order valence-corrected chi connectivity index (χ2v) is 5.57. The van der Waals surface area contributed by atoms with Crippen LogP contribution in [0.15, 0.2) is 42.7 Å². The van der Waals surface area contributed by atoms with Gasteiger partial charge in [-0.3, -0.25) is 0 Å². The number of hydrogen-bond donors (Lipinski definition) is 1. The summed E-state index contributed by atoms with van der Waals surface area (Å²) >= 11 is 0. The van der Waals surface area contributed by atoms with Gasteiger partial charge in [0.25, 0.3) is 0 Å². The molecule has 1 N–H and O–H groups in total. The van der Waals surface area contributed by atoms with E-state index in [2.05, 4.69) is 54.3 Å². The monoisotopic (exact) mass is 272 g/mol. The summed E-state index contributed by atoms with van der Waals surface area (Å²) in [6.45, 7) is 7.31. The summed E-state index contributed by atoms with van der Waals surface area (Å²) in [5.41, 5.74) is 2.58. The van der Waals surface area contributed by atoms with E-state index in [1.807, 2.05) is 12.1 Å². The average Bonchev–Trinajstić information content (AvgIpc) is 2.86. The molecule has 0 aliphatic carbocycles. The Morgan fingerprint density at radius 2 is 2.05 bits per heavy atom. The van der Waals surface area contributed by atoms with Gasteiger partial charge in [-0.2, -0.15) is 0 Å².